The molecule has 0 aliphatic heterocycles. The first-order chi connectivity index (χ1) is 19.0. The lowest BCUT2D eigenvalue weighted by Crippen LogP contribution is -2.10. The highest BCUT2D eigenvalue weighted by Crippen LogP contribution is 2.36. The molecule has 0 aliphatic carbocycles. The molecule has 0 fully saturated rings. The summed E-state index contributed by atoms with van der Waals surface area (Å²) in [5, 5.41) is 6.21. The van der Waals surface area contributed by atoms with E-state index in [2.05, 4.69) is 25.6 Å². The van der Waals surface area contributed by atoms with E-state index < -0.39 is 11.7 Å². The van der Waals surface area contributed by atoms with E-state index in [0.717, 1.165) is 22.4 Å². The second kappa shape index (κ2) is 10.9. The minimum Gasteiger partial charge on any atom is -0.437 e. The molecule has 0 saturated carbocycles. The van der Waals surface area contributed by atoms with Gasteiger partial charge in [0.05, 0.1) is 22.0 Å². The number of nitrogens with one attached hydrogen (secondary N) is 2. The highest BCUT2D eigenvalue weighted by atomic mass is 32.1. The minimum atomic E-state index is -4.47. The quantitative estimate of drug-likeness (QED) is 0.195. The molecule has 5 aromatic rings. The van der Waals surface area contributed by atoms with Gasteiger partial charge < -0.3 is 15.4 Å². The van der Waals surface area contributed by atoms with Crippen molar-refractivity contribution in [3.63, 3.8) is 0 Å². The van der Waals surface area contributed by atoms with Gasteiger partial charge in [0, 0.05) is 18.6 Å². The highest BCUT2D eigenvalue weighted by Gasteiger charge is 2.30. The van der Waals surface area contributed by atoms with Gasteiger partial charge in [-0.3, -0.25) is 4.79 Å². The van der Waals surface area contributed by atoms with E-state index in [1.165, 1.54) is 48.6 Å². The normalized spacial score (nSPS) is 12.2. The smallest absolute Gasteiger partial charge is 0.416 e. The molecule has 0 spiro atoms. The van der Waals surface area contributed by atoms with Crippen molar-refractivity contribution in [3.05, 3.63) is 89.7 Å². The zero-order chi connectivity index (χ0) is 28.4. The molecule has 12 heteroatoms. The van der Waals surface area contributed by atoms with Crippen LogP contribution < -0.4 is 15.4 Å². The van der Waals surface area contributed by atoms with Crippen LogP contribution in [0.5, 0.6) is 11.6 Å². The second-order valence-electron chi connectivity index (χ2n) is 8.81. The van der Waals surface area contributed by atoms with Gasteiger partial charge >= 0.3 is 6.18 Å². The predicted molar refractivity (Wildman–Crippen MR) is 145 cm³/mol. The monoisotopic (exact) mass is 567 g/mol. The van der Waals surface area contributed by atoms with Gasteiger partial charge in [-0.05, 0) is 48.9 Å². The molecule has 7 nitrogen and oxygen atoms in total. The van der Waals surface area contributed by atoms with Gasteiger partial charge in [0.1, 0.15) is 11.3 Å². The number of benzene rings is 3. The summed E-state index contributed by atoms with van der Waals surface area (Å²) < 4.78 is 59.6. The van der Waals surface area contributed by atoms with Crippen LogP contribution in [-0.4, -0.2) is 20.9 Å². The fraction of sp³-hybridized carbons (Fsp3) is 0.143. The molecule has 2 aromatic heterocycles. The van der Waals surface area contributed by atoms with E-state index in [9.17, 15) is 22.4 Å². The molecule has 0 aliphatic rings. The van der Waals surface area contributed by atoms with Gasteiger partial charge in [-0.25, -0.2) is 14.4 Å². The molecule has 5 rings (SSSR count). The Morgan fingerprint density at radius 3 is 2.38 bits per heavy atom. The van der Waals surface area contributed by atoms with Gasteiger partial charge in [-0.2, -0.15) is 18.2 Å². The van der Waals surface area contributed by atoms with Crippen LogP contribution in [-0.2, 0) is 11.0 Å². The third-order valence-corrected chi connectivity index (χ3v) is 6.74. The van der Waals surface area contributed by atoms with Crippen molar-refractivity contribution >= 4 is 38.5 Å². The zero-order valence-electron chi connectivity index (χ0n) is 21.1. The molecule has 2 N–H and O–H groups in total. The third-order valence-electron chi connectivity index (χ3n) is 5.81. The van der Waals surface area contributed by atoms with Crippen LogP contribution in [0.25, 0.3) is 21.5 Å². The summed E-state index contributed by atoms with van der Waals surface area (Å²) in [7, 11) is 0. The number of fused-ring (bicyclic) bond motifs is 1. The maximum Gasteiger partial charge on any atom is 0.416 e. The number of hydrogen-bond acceptors (Lipinski definition) is 7. The molecular formula is C28H21F4N5O2S. The third kappa shape index (κ3) is 6.18. The lowest BCUT2D eigenvalue weighted by atomic mass is 10.1. The molecule has 1 atom stereocenters. The number of carbonyl (C=O) groups is 1. The van der Waals surface area contributed by atoms with Crippen molar-refractivity contribution in [1.29, 1.82) is 0 Å². The zero-order valence-corrected chi connectivity index (χ0v) is 21.9. The van der Waals surface area contributed by atoms with Crippen molar-refractivity contribution in [2.24, 2.45) is 0 Å². The number of para-hydroxylation sites is 1. The molecule has 0 saturated heterocycles. The van der Waals surface area contributed by atoms with Crippen LogP contribution >= 0.6 is 11.3 Å². The van der Waals surface area contributed by atoms with Gasteiger partial charge in [-0.1, -0.05) is 41.7 Å². The molecule has 40 heavy (non-hydrogen) atoms. The Bertz CT molecular complexity index is 1670. The summed E-state index contributed by atoms with van der Waals surface area (Å²) in [6, 6.07) is 17.0. The van der Waals surface area contributed by atoms with Crippen LogP contribution in [0.2, 0.25) is 0 Å². The van der Waals surface area contributed by atoms with Crippen LogP contribution in [0, 0.1) is 5.82 Å². The van der Waals surface area contributed by atoms with E-state index in [4.69, 9.17) is 4.74 Å². The minimum absolute atomic E-state index is 0.111. The fourth-order valence-corrected chi connectivity index (χ4v) is 4.80. The Hall–Kier alpha value is -4.58. The van der Waals surface area contributed by atoms with Gasteiger partial charge in [-0.15, -0.1) is 0 Å². The SMILES string of the molecule is CC(=O)Nc1nc2c(Oc3cc(-c4ccc(C(F)(F)F)cc4)nc(NC(C)c4ccc(F)cc4)n3)cccc2s1. The van der Waals surface area contributed by atoms with Crippen molar-refractivity contribution in [2.45, 2.75) is 26.1 Å². The Labute approximate surface area is 229 Å². The van der Waals surface area contributed by atoms with E-state index in [0.29, 0.717) is 27.7 Å². The number of hydrogen-bond donors (Lipinski definition) is 2. The van der Waals surface area contributed by atoms with Crippen molar-refractivity contribution in [1.82, 2.24) is 15.0 Å². The number of amides is 1. The number of alkyl halides is 3. The number of carbonyl (C=O) groups excluding carboxylic acids is 1. The maximum atomic E-state index is 13.4. The Balaban J connectivity index is 1.52. The molecular weight excluding hydrogens is 546 g/mol. The number of aromatic nitrogens is 3. The van der Waals surface area contributed by atoms with Gasteiger partial charge in [0.2, 0.25) is 17.7 Å². The first-order valence-corrected chi connectivity index (χ1v) is 12.8. The van der Waals surface area contributed by atoms with Crippen molar-refractivity contribution in [3.8, 4) is 22.9 Å². The average molecular weight is 568 g/mol. The standard InChI is InChI=1S/C28H21F4N5O2S/c1-15(17-8-12-20(29)13-9-17)33-26-35-21(18-6-10-19(11-7-18)28(30,31)32)14-24(36-26)39-22-4-3-5-23-25(22)37-27(40-23)34-16(2)38/h3-15H,1-2H3,(H,33,35,36)(H,34,37,38). The van der Waals surface area contributed by atoms with Crippen LogP contribution in [0.1, 0.15) is 31.0 Å². The fourth-order valence-electron chi connectivity index (χ4n) is 3.87. The summed E-state index contributed by atoms with van der Waals surface area (Å²) in [4.78, 5) is 24.9. The largest absolute Gasteiger partial charge is 0.437 e. The number of ether oxygens (including phenoxy) is 1. The van der Waals surface area contributed by atoms with Crippen molar-refractivity contribution < 1.29 is 27.1 Å². The first-order valence-electron chi connectivity index (χ1n) is 12.0. The summed E-state index contributed by atoms with van der Waals surface area (Å²) in [5.41, 5.74) is 1.22. The molecule has 2 heterocycles. The Kier molecular flexibility index (Phi) is 7.35. The van der Waals surface area contributed by atoms with Gasteiger partial charge in [0.25, 0.3) is 0 Å². The van der Waals surface area contributed by atoms with Gasteiger partial charge in [0.15, 0.2) is 10.9 Å². The predicted octanol–water partition coefficient (Wildman–Crippen LogP) is 7.84. The topological polar surface area (TPSA) is 89.0 Å². The van der Waals surface area contributed by atoms with Crippen LogP contribution in [0.15, 0.2) is 72.8 Å². The Morgan fingerprint density at radius 1 is 0.975 bits per heavy atom. The van der Waals surface area contributed by atoms with Crippen LogP contribution in [0.4, 0.5) is 28.6 Å². The summed E-state index contributed by atoms with van der Waals surface area (Å²) in [5.74, 6) is -0.0107. The molecule has 1 amide bonds. The molecule has 1 unspecified atom stereocenters. The second-order valence-corrected chi connectivity index (χ2v) is 9.84. The molecule has 3 aromatic carbocycles. The van der Waals surface area contributed by atoms with Crippen LogP contribution in [0.3, 0.4) is 0 Å². The van der Waals surface area contributed by atoms with Crippen molar-refractivity contribution in [2.75, 3.05) is 10.6 Å². The average Bonchev–Trinajstić information content (AvgIpc) is 3.31. The number of rotatable bonds is 7. The van der Waals surface area contributed by atoms with E-state index in [-0.39, 0.29) is 29.6 Å². The lowest BCUT2D eigenvalue weighted by Gasteiger charge is -2.16. The molecule has 204 valence electrons. The number of halogens is 4. The number of thiazole rings is 1. The molecule has 0 radical (unpaired) electrons. The lowest BCUT2D eigenvalue weighted by molar-refractivity contribution is -0.137. The number of anilines is 2. The van der Waals surface area contributed by atoms with E-state index in [1.54, 1.807) is 24.3 Å². The summed E-state index contributed by atoms with van der Waals surface area (Å²) in [6.07, 6.45) is -4.47. The van der Waals surface area contributed by atoms with E-state index >= 15 is 0 Å². The first kappa shape index (κ1) is 27.0. The number of nitrogens with zero attached hydrogens (tertiary/aromatic N) is 3. The highest BCUT2D eigenvalue weighted by molar-refractivity contribution is 7.22. The summed E-state index contributed by atoms with van der Waals surface area (Å²) >= 11 is 1.28. The molecule has 0 bridgehead atoms. The Morgan fingerprint density at radius 2 is 1.70 bits per heavy atom. The maximum absolute atomic E-state index is 13.4. The summed E-state index contributed by atoms with van der Waals surface area (Å²) in [6.45, 7) is 3.22. The van der Waals surface area contributed by atoms with E-state index in [1.807, 2.05) is 13.0 Å².